The van der Waals surface area contributed by atoms with Crippen LogP contribution in [0.15, 0.2) is 72.8 Å². The van der Waals surface area contributed by atoms with E-state index in [4.69, 9.17) is 33.7 Å². The highest BCUT2D eigenvalue weighted by Gasteiger charge is 2.45. The lowest BCUT2D eigenvalue weighted by Gasteiger charge is -2.34. The Morgan fingerprint density at radius 1 is 0.855 bits per heavy atom. The third-order valence-corrected chi connectivity index (χ3v) is 12.5. The van der Waals surface area contributed by atoms with Gasteiger partial charge in [0.1, 0.15) is 6.04 Å². The first-order chi connectivity index (χ1) is 29.7. The summed E-state index contributed by atoms with van der Waals surface area (Å²) < 4.78 is 6.26. The third-order valence-electron chi connectivity index (χ3n) is 11.8. The van der Waals surface area contributed by atoms with Crippen LogP contribution in [-0.2, 0) is 40.1 Å². The molecule has 1 saturated carbocycles. The molecular formula is C47H53Cl2N3O10. The number of carboxylic acids is 1. The Morgan fingerprint density at radius 2 is 1.48 bits per heavy atom. The summed E-state index contributed by atoms with van der Waals surface area (Å²) in [7, 11) is 0. The van der Waals surface area contributed by atoms with Gasteiger partial charge in [-0.3, -0.25) is 33.6 Å². The van der Waals surface area contributed by atoms with Crippen molar-refractivity contribution in [2.24, 2.45) is 23.5 Å². The molecule has 0 radical (unpaired) electrons. The van der Waals surface area contributed by atoms with Gasteiger partial charge in [-0.25, -0.2) is 4.79 Å². The second-order valence-corrected chi connectivity index (χ2v) is 17.0. The van der Waals surface area contributed by atoms with Gasteiger partial charge in [-0.1, -0.05) is 116 Å². The number of rotatable bonds is 22. The van der Waals surface area contributed by atoms with Crippen LogP contribution in [0.2, 0.25) is 10.0 Å². The molecule has 3 aromatic carbocycles. The minimum absolute atomic E-state index is 0.0121. The van der Waals surface area contributed by atoms with E-state index in [1.807, 2.05) is 37.3 Å². The molecule has 1 saturated heterocycles. The van der Waals surface area contributed by atoms with Gasteiger partial charge in [0.05, 0.1) is 34.4 Å². The van der Waals surface area contributed by atoms with E-state index in [1.165, 1.54) is 11.0 Å². The van der Waals surface area contributed by atoms with E-state index in [0.29, 0.717) is 24.8 Å². The van der Waals surface area contributed by atoms with Crippen LogP contribution in [0.3, 0.4) is 0 Å². The van der Waals surface area contributed by atoms with Crippen LogP contribution in [0.25, 0.3) is 0 Å². The summed E-state index contributed by atoms with van der Waals surface area (Å²) in [5.74, 6) is -8.14. The molecule has 1 aliphatic carbocycles. The van der Waals surface area contributed by atoms with Crippen molar-refractivity contribution in [3.8, 4) is 0 Å². The Kier molecular flexibility index (Phi) is 17.5. The number of aromatic carboxylic acids is 1. The van der Waals surface area contributed by atoms with E-state index in [9.17, 15) is 43.5 Å². The number of likely N-dealkylation sites (tertiary alicyclic amines) is 1. The number of amides is 3. The lowest BCUT2D eigenvalue weighted by atomic mass is 9.76. The Morgan fingerprint density at radius 3 is 2.10 bits per heavy atom. The molecule has 2 aliphatic rings. The van der Waals surface area contributed by atoms with Gasteiger partial charge in [0, 0.05) is 56.0 Å². The molecule has 330 valence electrons. The largest absolute Gasteiger partial charge is 0.478 e. The summed E-state index contributed by atoms with van der Waals surface area (Å²) in [4.78, 5) is 109. The number of hydrogen-bond acceptors (Lipinski definition) is 9. The maximum atomic E-state index is 14.9. The molecule has 0 bridgehead atoms. The van der Waals surface area contributed by atoms with E-state index in [-0.39, 0.29) is 65.9 Å². The molecule has 1 aliphatic heterocycles. The maximum Gasteiger partial charge on any atom is 0.336 e. The van der Waals surface area contributed by atoms with Gasteiger partial charge >= 0.3 is 5.97 Å². The van der Waals surface area contributed by atoms with Crippen molar-refractivity contribution in [2.45, 2.75) is 109 Å². The fraction of sp³-hybridized carbons (Fsp3) is 0.447. The van der Waals surface area contributed by atoms with E-state index in [2.05, 4.69) is 5.32 Å². The number of carbonyl (C=O) groups is 8. The molecule has 4 N–H and O–H groups in total. The number of ether oxygens (including phenoxy) is 1. The number of nitrogens with two attached hydrogens (primary N) is 1. The highest BCUT2D eigenvalue weighted by molar-refractivity contribution is 6.42. The lowest BCUT2D eigenvalue weighted by molar-refractivity contribution is -0.144. The highest BCUT2D eigenvalue weighted by Crippen LogP contribution is 2.37. The molecule has 15 heteroatoms. The van der Waals surface area contributed by atoms with Gasteiger partial charge in [0.15, 0.2) is 17.3 Å². The van der Waals surface area contributed by atoms with Crippen LogP contribution < -0.4 is 11.1 Å². The zero-order valence-corrected chi connectivity index (χ0v) is 36.2. The molecule has 1 heterocycles. The van der Waals surface area contributed by atoms with Crippen LogP contribution in [0, 0.1) is 17.8 Å². The van der Waals surface area contributed by atoms with Crippen LogP contribution in [-0.4, -0.2) is 75.5 Å². The second-order valence-electron chi connectivity index (χ2n) is 16.2. The SMILES string of the molecule is CCCC(CC(=O)[C@@H]1C[C@@H](OCc2ccccc2)CN1C(=O)C(CC(=O)c1cc(Cl)c(Cl)cc1C(=O)O)C1CCCCC1)C(=O)C(=O)CCC(=O)N[C@@H](C(N)=O)c1ccccc1. The number of hydrogen-bond donors (Lipinski definition) is 3. The van der Waals surface area contributed by atoms with Gasteiger partial charge in [-0.15, -0.1) is 0 Å². The Balaban J connectivity index is 1.35. The predicted molar refractivity (Wildman–Crippen MR) is 231 cm³/mol. The number of benzene rings is 3. The summed E-state index contributed by atoms with van der Waals surface area (Å²) in [6.07, 6.45) is 2.59. The normalized spacial score (nSPS) is 18.0. The van der Waals surface area contributed by atoms with Gasteiger partial charge < -0.3 is 25.8 Å². The van der Waals surface area contributed by atoms with Crippen molar-refractivity contribution < 1.29 is 48.2 Å². The molecule has 5 rings (SSSR count). The van der Waals surface area contributed by atoms with Crippen LogP contribution >= 0.6 is 23.2 Å². The maximum absolute atomic E-state index is 14.9. The number of Topliss-reactive ketones (excluding diaryl/α,β-unsaturated/α-hetero) is 4. The van der Waals surface area contributed by atoms with Gasteiger partial charge in [0.25, 0.3) is 0 Å². The minimum atomic E-state index is -1.38. The second kappa shape index (κ2) is 22.7. The Labute approximate surface area is 371 Å². The zero-order chi connectivity index (χ0) is 44.9. The molecule has 0 aromatic heterocycles. The fourth-order valence-electron chi connectivity index (χ4n) is 8.55. The molecule has 0 spiro atoms. The monoisotopic (exact) mass is 889 g/mol. The number of nitrogens with zero attached hydrogens (tertiary/aromatic N) is 1. The highest BCUT2D eigenvalue weighted by atomic mass is 35.5. The first kappa shape index (κ1) is 47.8. The van der Waals surface area contributed by atoms with Crippen molar-refractivity contribution in [2.75, 3.05) is 6.54 Å². The molecule has 2 unspecified atom stereocenters. The summed E-state index contributed by atoms with van der Waals surface area (Å²) >= 11 is 12.3. The fourth-order valence-corrected chi connectivity index (χ4v) is 8.88. The van der Waals surface area contributed by atoms with Crippen molar-refractivity contribution >= 4 is 70.0 Å². The summed E-state index contributed by atoms with van der Waals surface area (Å²) in [6.45, 7) is 2.05. The number of nitrogens with one attached hydrogen (secondary N) is 1. The van der Waals surface area contributed by atoms with Crippen molar-refractivity contribution in [3.05, 3.63) is 105 Å². The summed E-state index contributed by atoms with van der Waals surface area (Å²) in [5.41, 5.74) is 6.34. The number of ketones is 4. The predicted octanol–water partition coefficient (Wildman–Crippen LogP) is 7.28. The van der Waals surface area contributed by atoms with Gasteiger partial charge in [-0.2, -0.15) is 0 Å². The van der Waals surface area contributed by atoms with Crippen molar-refractivity contribution in [1.82, 2.24) is 10.2 Å². The smallest absolute Gasteiger partial charge is 0.336 e. The lowest BCUT2D eigenvalue weighted by Crippen LogP contribution is -2.47. The van der Waals surface area contributed by atoms with Gasteiger partial charge in [-0.05, 0) is 48.4 Å². The quantitative estimate of drug-likeness (QED) is 0.0679. The standard InChI is InChI=1S/C47H53Cl2N3O10/c1-2-12-31(44(57)39(53)19-20-42(56)51-43(45(50)58)30-17-10-5-11-18-30)21-41(55)38-22-32(62-27-28-13-6-3-7-14-28)26-52(38)46(59)33(29-15-8-4-9-16-29)25-40(54)34-23-36(48)37(49)24-35(34)47(60)61/h3,5-7,10-11,13-14,17-18,23-24,29,31-33,38,43H,2,4,8-9,12,15-16,19-22,25-27H2,1H3,(H2,50,58)(H,51,56)(H,60,61)/t31?,32-,33?,38+,43-/m1/s1. The third kappa shape index (κ3) is 12.7. The average Bonchev–Trinajstić information content (AvgIpc) is 3.71. The van der Waals surface area contributed by atoms with E-state index < -0.39 is 89.7 Å². The molecule has 62 heavy (non-hydrogen) atoms. The summed E-state index contributed by atoms with van der Waals surface area (Å²) in [5, 5.41) is 12.4. The van der Waals surface area contributed by atoms with Crippen LogP contribution in [0.1, 0.15) is 122 Å². The molecule has 5 atom stereocenters. The van der Waals surface area contributed by atoms with Gasteiger partial charge in [0.2, 0.25) is 23.5 Å². The first-order valence-corrected chi connectivity index (χ1v) is 21.9. The van der Waals surface area contributed by atoms with Crippen LogP contribution in [0.5, 0.6) is 0 Å². The number of halogens is 2. The number of carbonyl (C=O) groups excluding carboxylic acids is 7. The van der Waals surface area contributed by atoms with E-state index in [1.54, 1.807) is 30.3 Å². The first-order valence-electron chi connectivity index (χ1n) is 21.1. The van der Waals surface area contributed by atoms with E-state index >= 15 is 0 Å². The number of carboxylic acid groups (broad SMARTS) is 1. The molecule has 13 nitrogen and oxygen atoms in total. The Hall–Kier alpha value is -5.24. The van der Waals surface area contributed by atoms with Crippen molar-refractivity contribution in [3.63, 3.8) is 0 Å². The zero-order valence-electron chi connectivity index (χ0n) is 34.7. The Bertz CT molecular complexity index is 2130. The van der Waals surface area contributed by atoms with Crippen LogP contribution in [0.4, 0.5) is 0 Å². The molecule has 3 aromatic rings. The molecule has 2 fully saturated rings. The van der Waals surface area contributed by atoms with E-state index in [0.717, 1.165) is 30.9 Å². The number of primary amides is 1. The minimum Gasteiger partial charge on any atom is -0.478 e. The molecule has 3 amide bonds. The average molecular weight is 891 g/mol. The topological polar surface area (TPSA) is 207 Å². The van der Waals surface area contributed by atoms with Crippen molar-refractivity contribution in [1.29, 1.82) is 0 Å². The summed E-state index contributed by atoms with van der Waals surface area (Å²) in [6, 6.07) is 17.9. The molecular weight excluding hydrogens is 837 g/mol.